The molecule has 0 aromatic carbocycles. The maximum atomic E-state index is 12.4. The van der Waals surface area contributed by atoms with Gasteiger partial charge >= 0.3 is 0 Å². The molecular weight excluding hydrogens is 320 g/mol. The van der Waals surface area contributed by atoms with Crippen molar-refractivity contribution in [2.75, 3.05) is 6.54 Å². The summed E-state index contributed by atoms with van der Waals surface area (Å²) in [4.78, 5) is 12.4. The minimum absolute atomic E-state index is 0. The van der Waals surface area contributed by atoms with Crippen molar-refractivity contribution < 1.29 is 4.79 Å². The average molecular weight is 355 g/mol. The molecule has 5 aliphatic carbocycles. The lowest BCUT2D eigenvalue weighted by Gasteiger charge is -2.59. The van der Waals surface area contributed by atoms with E-state index in [1.165, 1.54) is 70.6 Å². The molecule has 5 fully saturated rings. The summed E-state index contributed by atoms with van der Waals surface area (Å²) in [5.74, 6) is 3.10. The molecule has 24 heavy (non-hydrogen) atoms. The van der Waals surface area contributed by atoms with Crippen LogP contribution in [0.1, 0.15) is 77.6 Å². The largest absolute Gasteiger partial charge is 0.352 e. The highest BCUT2D eigenvalue weighted by molar-refractivity contribution is 5.85. The van der Waals surface area contributed by atoms with Crippen molar-refractivity contribution in [1.82, 2.24) is 10.6 Å². The first-order valence-corrected chi connectivity index (χ1v) is 10.2. The van der Waals surface area contributed by atoms with Gasteiger partial charge in [-0.3, -0.25) is 4.79 Å². The van der Waals surface area contributed by atoms with Crippen LogP contribution in [0.3, 0.4) is 0 Å². The number of carbonyl (C=O) groups excluding carboxylic acids is 1. The highest BCUT2D eigenvalue weighted by Crippen LogP contribution is 2.61. The number of nitrogens with one attached hydrogen (secondary N) is 2. The van der Waals surface area contributed by atoms with Crippen molar-refractivity contribution in [3.05, 3.63) is 0 Å². The molecule has 2 N–H and O–H groups in total. The van der Waals surface area contributed by atoms with Gasteiger partial charge in [0.2, 0.25) is 5.91 Å². The second-order valence-electron chi connectivity index (χ2n) is 9.28. The zero-order valence-electron chi connectivity index (χ0n) is 15.2. The van der Waals surface area contributed by atoms with Gasteiger partial charge in [0.25, 0.3) is 0 Å². The van der Waals surface area contributed by atoms with Crippen LogP contribution in [0, 0.1) is 23.2 Å². The molecule has 5 saturated carbocycles. The van der Waals surface area contributed by atoms with E-state index in [1.807, 2.05) is 0 Å². The lowest BCUT2D eigenvalue weighted by atomic mass is 9.48. The molecule has 0 aliphatic heterocycles. The Balaban J connectivity index is 0.00000169. The van der Waals surface area contributed by atoms with Crippen LogP contribution >= 0.6 is 12.4 Å². The van der Waals surface area contributed by atoms with Gasteiger partial charge in [-0.2, -0.15) is 0 Å². The summed E-state index contributed by atoms with van der Waals surface area (Å²) in [6.07, 6.45) is 15.0. The smallest absolute Gasteiger partial charge is 0.234 e. The minimum atomic E-state index is 0. The molecule has 5 rings (SSSR count). The van der Waals surface area contributed by atoms with E-state index in [-0.39, 0.29) is 18.3 Å². The van der Waals surface area contributed by atoms with Gasteiger partial charge < -0.3 is 10.6 Å². The van der Waals surface area contributed by atoms with Gasteiger partial charge in [0.15, 0.2) is 0 Å². The van der Waals surface area contributed by atoms with E-state index in [0.29, 0.717) is 24.0 Å². The molecule has 4 heteroatoms. The number of halogens is 1. The van der Waals surface area contributed by atoms with Crippen molar-refractivity contribution in [2.45, 2.75) is 89.6 Å². The van der Waals surface area contributed by atoms with Crippen LogP contribution in [-0.2, 0) is 4.79 Å². The standard InChI is InChI=1S/C20H34N2O.ClH/c1-14(22-19(23)13-21-18-5-3-2-4-6-18)20-10-15-7-16(11-20)9-17(8-15)12-20;/h14-18,21H,2-13H2,1H3,(H,22,23);1H. The molecule has 4 bridgehead atoms. The third-order valence-electron chi connectivity index (χ3n) is 7.54. The highest BCUT2D eigenvalue weighted by atomic mass is 35.5. The van der Waals surface area contributed by atoms with Gasteiger partial charge in [0.05, 0.1) is 6.54 Å². The van der Waals surface area contributed by atoms with Crippen molar-refractivity contribution in [1.29, 1.82) is 0 Å². The number of hydrogen-bond acceptors (Lipinski definition) is 2. The predicted molar refractivity (Wildman–Crippen MR) is 100 cm³/mol. The second kappa shape index (κ2) is 7.53. The monoisotopic (exact) mass is 354 g/mol. The fraction of sp³-hybridized carbons (Fsp3) is 0.950. The van der Waals surface area contributed by atoms with E-state index < -0.39 is 0 Å². The van der Waals surface area contributed by atoms with Crippen molar-refractivity contribution >= 4 is 18.3 Å². The van der Waals surface area contributed by atoms with Gasteiger partial charge in [-0.25, -0.2) is 0 Å². The quantitative estimate of drug-likeness (QED) is 0.781. The summed E-state index contributed by atoms with van der Waals surface area (Å²) < 4.78 is 0. The first kappa shape index (κ1) is 18.5. The molecule has 1 amide bonds. The molecule has 0 spiro atoms. The second-order valence-corrected chi connectivity index (χ2v) is 9.28. The van der Waals surface area contributed by atoms with E-state index in [2.05, 4.69) is 17.6 Å². The lowest BCUT2D eigenvalue weighted by molar-refractivity contribution is -0.125. The van der Waals surface area contributed by atoms with Crippen LogP contribution in [0.2, 0.25) is 0 Å². The Morgan fingerprint density at radius 3 is 2.08 bits per heavy atom. The molecule has 0 aromatic rings. The van der Waals surface area contributed by atoms with E-state index in [0.717, 1.165) is 17.8 Å². The third-order valence-corrected chi connectivity index (χ3v) is 7.54. The summed E-state index contributed by atoms with van der Waals surface area (Å²) in [5.41, 5.74) is 0.426. The van der Waals surface area contributed by atoms with E-state index >= 15 is 0 Å². The van der Waals surface area contributed by atoms with E-state index in [1.54, 1.807) is 0 Å². The Hall–Kier alpha value is -0.280. The van der Waals surface area contributed by atoms with Gasteiger partial charge in [0.1, 0.15) is 0 Å². The molecule has 3 nitrogen and oxygen atoms in total. The Labute approximate surface area is 153 Å². The average Bonchev–Trinajstić information content (AvgIpc) is 2.52. The third kappa shape index (κ3) is 3.77. The summed E-state index contributed by atoms with van der Waals surface area (Å²) in [6, 6.07) is 0.931. The minimum Gasteiger partial charge on any atom is -0.352 e. The van der Waals surface area contributed by atoms with Crippen molar-refractivity contribution in [3.63, 3.8) is 0 Å². The number of amides is 1. The normalized spacial score (nSPS) is 39.3. The zero-order chi connectivity index (χ0) is 15.9. The molecule has 0 heterocycles. The van der Waals surface area contributed by atoms with E-state index in [9.17, 15) is 4.79 Å². The van der Waals surface area contributed by atoms with Gasteiger partial charge in [-0.1, -0.05) is 19.3 Å². The fourth-order valence-electron chi connectivity index (χ4n) is 6.70. The summed E-state index contributed by atoms with van der Waals surface area (Å²) in [5, 5.41) is 6.86. The maximum absolute atomic E-state index is 12.4. The maximum Gasteiger partial charge on any atom is 0.234 e. The van der Waals surface area contributed by atoms with Gasteiger partial charge in [0, 0.05) is 12.1 Å². The Bertz CT molecular complexity index is 412. The number of carbonyl (C=O) groups is 1. The highest BCUT2D eigenvalue weighted by Gasteiger charge is 2.53. The molecule has 0 radical (unpaired) electrons. The summed E-state index contributed by atoms with van der Waals surface area (Å²) >= 11 is 0. The zero-order valence-corrected chi connectivity index (χ0v) is 16.0. The van der Waals surface area contributed by atoms with Crippen molar-refractivity contribution in [2.24, 2.45) is 23.2 Å². The Morgan fingerprint density at radius 2 is 1.54 bits per heavy atom. The number of rotatable bonds is 5. The molecule has 1 unspecified atom stereocenters. The van der Waals surface area contributed by atoms with Crippen LogP contribution < -0.4 is 10.6 Å². The summed E-state index contributed by atoms with van der Waals surface area (Å²) in [7, 11) is 0. The summed E-state index contributed by atoms with van der Waals surface area (Å²) in [6.45, 7) is 2.80. The molecule has 138 valence electrons. The van der Waals surface area contributed by atoms with Crippen molar-refractivity contribution in [3.8, 4) is 0 Å². The van der Waals surface area contributed by atoms with E-state index in [4.69, 9.17) is 0 Å². The number of hydrogen-bond donors (Lipinski definition) is 2. The first-order valence-electron chi connectivity index (χ1n) is 10.2. The molecule has 0 saturated heterocycles. The SMILES string of the molecule is CC(NC(=O)CNC1CCCCC1)C12CC3CC(CC(C3)C1)C2.Cl. The molecular formula is C20H35ClN2O. The topological polar surface area (TPSA) is 41.1 Å². The predicted octanol–water partition coefficient (Wildman–Crippen LogP) is 4.05. The fourth-order valence-corrected chi connectivity index (χ4v) is 6.70. The van der Waals surface area contributed by atoms with Crippen LogP contribution in [0.5, 0.6) is 0 Å². The van der Waals surface area contributed by atoms with Crippen LogP contribution in [0.4, 0.5) is 0 Å². The van der Waals surface area contributed by atoms with Crippen LogP contribution in [-0.4, -0.2) is 24.5 Å². The molecule has 5 aliphatic rings. The Morgan fingerprint density at radius 1 is 1.00 bits per heavy atom. The van der Waals surface area contributed by atoms with Crippen LogP contribution in [0.25, 0.3) is 0 Å². The van der Waals surface area contributed by atoms with Gasteiger partial charge in [-0.15, -0.1) is 12.4 Å². The molecule has 1 atom stereocenters. The Kier molecular flexibility index (Phi) is 5.81. The van der Waals surface area contributed by atoms with Crippen LogP contribution in [0.15, 0.2) is 0 Å². The molecule has 0 aromatic heterocycles. The van der Waals surface area contributed by atoms with Gasteiger partial charge in [-0.05, 0) is 81.5 Å². The lowest BCUT2D eigenvalue weighted by Crippen LogP contribution is -2.56. The first-order chi connectivity index (χ1) is 11.1.